The molecular weight excluding hydrogens is 250 g/mol. The third-order valence-corrected chi connectivity index (χ3v) is 2.31. The van der Waals surface area contributed by atoms with Crippen molar-refractivity contribution in [1.29, 1.82) is 0 Å². The van der Waals surface area contributed by atoms with Gasteiger partial charge in [0.15, 0.2) is 0 Å². The summed E-state index contributed by atoms with van der Waals surface area (Å²) in [6.07, 6.45) is 0. The van der Waals surface area contributed by atoms with Gasteiger partial charge in [-0.15, -0.1) is 0 Å². The minimum atomic E-state index is -0.622. The Morgan fingerprint density at radius 1 is 1.11 bits per heavy atom. The first kappa shape index (κ1) is 14.6. The van der Waals surface area contributed by atoms with Gasteiger partial charge in [0, 0.05) is 23.1 Å². The molecule has 0 aromatic heterocycles. The largest absolute Gasteiger partial charge is 0.273 e. The van der Waals surface area contributed by atoms with E-state index in [4.69, 9.17) is 0 Å². The number of benzene rings is 1. The van der Waals surface area contributed by atoms with E-state index in [0.29, 0.717) is 0 Å². The molecule has 1 aromatic rings. The molecule has 7 heteroatoms. The second kappa shape index (κ2) is 5.47. The summed E-state index contributed by atoms with van der Waals surface area (Å²) in [4.78, 5) is 33.1. The molecule has 102 valence electrons. The number of hydrazine groups is 1. The van der Waals surface area contributed by atoms with Crippen LogP contribution in [-0.2, 0) is 4.79 Å². The standard InChI is InChI=1S/C12H15N3O4/c1-12(2,3)11(17)14-13-10(16)8-4-6-9(7-5-8)15(18)19/h4-7H,1-3H3,(H,13,16)(H,14,17). The summed E-state index contributed by atoms with van der Waals surface area (Å²) in [6.45, 7) is 5.13. The van der Waals surface area contributed by atoms with Gasteiger partial charge in [-0.25, -0.2) is 0 Å². The van der Waals surface area contributed by atoms with Gasteiger partial charge in [0.2, 0.25) is 5.91 Å². The predicted molar refractivity (Wildman–Crippen MR) is 68.2 cm³/mol. The number of rotatable bonds is 2. The van der Waals surface area contributed by atoms with Crippen LogP contribution in [0.2, 0.25) is 0 Å². The van der Waals surface area contributed by atoms with E-state index in [9.17, 15) is 19.7 Å². The highest BCUT2D eigenvalue weighted by molar-refractivity contribution is 5.95. The molecule has 0 aliphatic heterocycles. The molecule has 0 fully saturated rings. The average Bonchev–Trinajstić information content (AvgIpc) is 2.34. The number of nitro benzene ring substituents is 1. The molecule has 0 aliphatic carbocycles. The van der Waals surface area contributed by atoms with Crippen molar-refractivity contribution in [2.45, 2.75) is 20.8 Å². The lowest BCUT2D eigenvalue weighted by molar-refractivity contribution is -0.384. The lowest BCUT2D eigenvalue weighted by Gasteiger charge is -2.17. The molecule has 0 unspecified atom stereocenters. The summed E-state index contributed by atoms with van der Waals surface area (Å²) < 4.78 is 0. The van der Waals surface area contributed by atoms with E-state index in [2.05, 4.69) is 10.9 Å². The van der Waals surface area contributed by atoms with Crippen molar-refractivity contribution in [2.24, 2.45) is 5.41 Å². The van der Waals surface area contributed by atoms with Crippen LogP contribution in [0.15, 0.2) is 24.3 Å². The van der Waals surface area contributed by atoms with Crippen molar-refractivity contribution in [3.63, 3.8) is 0 Å². The number of hydrogen-bond acceptors (Lipinski definition) is 4. The third kappa shape index (κ3) is 4.06. The molecule has 7 nitrogen and oxygen atoms in total. The number of non-ortho nitro benzene ring substituents is 1. The Morgan fingerprint density at radius 2 is 1.63 bits per heavy atom. The Kier molecular flexibility index (Phi) is 4.21. The molecule has 0 saturated heterocycles. The number of amides is 2. The van der Waals surface area contributed by atoms with Crippen molar-refractivity contribution < 1.29 is 14.5 Å². The van der Waals surface area contributed by atoms with Crippen molar-refractivity contribution in [1.82, 2.24) is 10.9 Å². The number of nitro groups is 1. The molecule has 0 bridgehead atoms. The first-order chi connectivity index (χ1) is 8.71. The van der Waals surface area contributed by atoms with E-state index in [1.54, 1.807) is 20.8 Å². The Balaban J connectivity index is 2.64. The van der Waals surface area contributed by atoms with Gasteiger partial charge in [0.1, 0.15) is 0 Å². The number of nitrogens with zero attached hydrogens (tertiary/aromatic N) is 1. The van der Waals surface area contributed by atoms with Gasteiger partial charge in [-0.3, -0.25) is 30.6 Å². The zero-order valence-electron chi connectivity index (χ0n) is 10.9. The van der Waals surface area contributed by atoms with Crippen LogP contribution in [0, 0.1) is 15.5 Å². The monoisotopic (exact) mass is 265 g/mol. The van der Waals surface area contributed by atoms with Crippen LogP contribution in [0.4, 0.5) is 5.69 Å². The van der Waals surface area contributed by atoms with Gasteiger partial charge in [0.05, 0.1) is 4.92 Å². The van der Waals surface area contributed by atoms with Crippen LogP contribution in [0.1, 0.15) is 31.1 Å². The van der Waals surface area contributed by atoms with Crippen molar-refractivity contribution >= 4 is 17.5 Å². The minimum Gasteiger partial charge on any atom is -0.273 e. The number of nitrogens with one attached hydrogen (secondary N) is 2. The summed E-state index contributed by atoms with van der Waals surface area (Å²) in [7, 11) is 0. The topological polar surface area (TPSA) is 101 Å². The Hall–Kier alpha value is -2.44. The highest BCUT2D eigenvalue weighted by Crippen LogP contribution is 2.13. The van der Waals surface area contributed by atoms with Crippen LogP contribution in [-0.4, -0.2) is 16.7 Å². The van der Waals surface area contributed by atoms with E-state index in [1.807, 2.05) is 0 Å². The average molecular weight is 265 g/mol. The molecule has 0 spiro atoms. The quantitative estimate of drug-likeness (QED) is 0.623. The molecule has 2 amide bonds. The van der Waals surface area contributed by atoms with Crippen LogP contribution in [0.25, 0.3) is 0 Å². The fraction of sp³-hybridized carbons (Fsp3) is 0.333. The summed E-state index contributed by atoms with van der Waals surface area (Å²) in [5, 5.41) is 10.5. The number of hydrogen-bond donors (Lipinski definition) is 2. The molecule has 2 N–H and O–H groups in total. The van der Waals surface area contributed by atoms with Crippen molar-refractivity contribution in [2.75, 3.05) is 0 Å². The molecular formula is C12H15N3O4. The lowest BCUT2D eigenvalue weighted by Crippen LogP contribution is -2.46. The van der Waals surface area contributed by atoms with E-state index < -0.39 is 16.2 Å². The first-order valence-electron chi connectivity index (χ1n) is 5.57. The van der Waals surface area contributed by atoms with Gasteiger partial charge < -0.3 is 0 Å². The Labute approximate surface area is 110 Å². The molecule has 0 heterocycles. The SMILES string of the molecule is CC(C)(C)C(=O)NNC(=O)c1ccc([N+](=O)[O-])cc1. The van der Waals surface area contributed by atoms with Crippen molar-refractivity contribution in [3.05, 3.63) is 39.9 Å². The maximum Gasteiger partial charge on any atom is 0.269 e. The maximum absolute atomic E-state index is 11.7. The predicted octanol–water partition coefficient (Wildman–Crippen LogP) is 1.40. The smallest absolute Gasteiger partial charge is 0.269 e. The van der Waals surface area contributed by atoms with E-state index in [-0.39, 0.29) is 17.2 Å². The highest BCUT2D eigenvalue weighted by Gasteiger charge is 2.21. The molecule has 0 aliphatic rings. The summed E-state index contributed by atoms with van der Waals surface area (Å²) in [5.41, 5.74) is 4.03. The summed E-state index contributed by atoms with van der Waals surface area (Å²) in [6, 6.07) is 5.08. The highest BCUT2D eigenvalue weighted by atomic mass is 16.6. The van der Waals surface area contributed by atoms with Gasteiger partial charge in [-0.1, -0.05) is 20.8 Å². The molecule has 0 atom stereocenters. The fourth-order valence-electron chi connectivity index (χ4n) is 1.11. The maximum atomic E-state index is 11.7. The van der Waals surface area contributed by atoms with E-state index >= 15 is 0 Å². The van der Waals surface area contributed by atoms with Gasteiger partial charge in [-0.05, 0) is 12.1 Å². The second-order valence-corrected chi connectivity index (χ2v) is 4.96. The van der Waals surface area contributed by atoms with E-state index in [0.717, 1.165) is 0 Å². The normalized spacial score (nSPS) is 10.7. The summed E-state index contributed by atoms with van der Waals surface area (Å²) >= 11 is 0. The van der Waals surface area contributed by atoms with E-state index in [1.165, 1.54) is 24.3 Å². The number of carbonyl (C=O) groups is 2. The first-order valence-corrected chi connectivity index (χ1v) is 5.57. The lowest BCUT2D eigenvalue weighted by atomic mass is 9.96. The van der Waals surface area contributed by atoms with Crippen LogP contribution in [0.3, 0.4) is 0 Å². The Morgan fingerprint density at radius 3 is 2.05 bits per heavy atom. The Bertz CT molecular complexity index is 503. The van der Waals surface area contributed by atoms with Crippen LogP contribution < -0.4 is 10.9 Å². The molecule has 19 heavy (non-hydrogen) atoms. The third-order valence-electron chi connectivity index (χ3n) is 2.31. The van der Waals surface area contributed by atoms with Crippen LogP contribution >= 0.6 is 0 Å². The zero-order valence-corrected chi connectivity index (χ0v) is 10.9. The number of carbonyl (C=O) groups excluding carboxylic acids is 2. The van der Waals surface area contributed by atoms with Gasteiger partial charge >= 0.3 is 0 Å². The minimum absolute atomic E-state index is 0.102. The summed E-state index contributed by atoms with van der Waals surface area (Å²) in [5.74, 6) is -0.866. The van der Waals surface area contributed by atoms with Gasteiger partial charge in [-0.2, -0.15) is 0 Å². The zero-order chi connectivity index (χ0) is 14.6. The van der Waals surface area contributed by atoms with Gasteiger partial charge in [0.25, 0.3) is 11.6 Å². The second-order valence-electron chi connectivity index (χ2n) is 4.96. The van der Waals surface area contributed by atoms with Crippen molar-refractivity contribution in [3.8, 4) is 0 Å². The molecule has 1 aromatic carbocycles. The van der Waals surface area contributed by atoms with Crippen LogP contribution in [0.5, 0.6) is 0 Å². The fourth-order valence-corrected chi connectivity index (χ4v) is 1.11. The molecule has 1 rings (SSSR count). The molecule has 0 radical (unpaired) electrons. The molecule has 0 saturated carbocycles.